The molecule has 0 aromatic heterocycles. The Kier molecular flexibility index (Phi) is 5.04. The highest BCUT2D eigenvalue weighted by atomic mass is 35.5. The number of benzene rings is 1. The van der Waals surface area contributed by atoms with Crippen LogP contribution in [0.15, 0.2) is 23.1 Å². The van der Waals surface area contributed by atoms with E-state index < -0.39 is 15.8 Å². The average molecular weight is 320 g/mol. The van der Waals surface area contributed by atoms with Crippen LogP contribution >= 0.6 is 11.6 Å². The van der Waals surface area contributed by atoms with Crippen molar-refractivity contribution >= 4 is 21.6 Å². The zero-order valence-corrected chi connectivity index (χ0v) is 13.1. The summed E-state index contributed by atoms with van der Waals surface area (Å²) in [5.74, 6) is -0.0292. The van der Waals surface area contributed by atoms with Crippen LogP contribution in [0.4, 0.5) is 4.39 Å². The number of sulfonamides is 1. The minimum absolute atomic E-state index is 0.0361. The molecule has 0 N–H and O–H groups in total. The number of rotatable bonds is 7. The summed E-state index contributed by atoms with van der Waals surface area (Å²) >= 11 is 5.64. The highest BCUT2D eigenvalue weighted by Gasteiger charge is 2.31. The van der Waals surface area contributed by atoms with E-state index in [1.165, 1.54) is 22.5 Å². The normalized spacial score (nSPS) is 15.8. The molecule has 2 rings (SSSR count). The predicted octanol–water partition coefficient (Wildman–Crippen LogP) is 3.38. The van der Waals surface area contributed by atoms with Crippen LogP contribution in [0.1, 0.15) is 31.7 Å². The standard InChI is InChI=1S/C14H19ClFNO2S/c1-2-7-17(10-11-3-4-11)20(18,19)13-5-6-14(16)12(8-13)9-15/h5-6,8,11H,2-4,7,9-10H2,1H3. The Bertz CT molecular complexity index is 573. The maximum absolute atomic E-state index is 13.4. The van der Waals surface area contributed by atoms with Crippen LogP contribution in [-0.2, 0) is 15.9 Å². The first-order valence-electron chi connectivity index (χ1n) is 6.83. The van der Waals surface area contributed by atoms with Gasteiger partial charge < -0.3 is 0 Å². The van der Waals surface area contributed by atoms with E-state index in [4.69, 9.17) is 11.6 Å². The van der Waals surface area contributed by atoms with E-state index in [2.05, 4.69) is 0 Å². The summed E-state index contributed by atoms with van der Waals surface area (Å²) in [6.45, 7) is 3.00. The van der Waals surface area contributed by atoms with Gasteiger partial charge in [-0.05, 0) is 43.4 Å². The van der Waals surface area contributed by atoms with Gasteiger partial charge >= 0.3 is 0 Å². The SMILES string of the molecule is CCCN(CC1CC1)S(=O)(=O)c1ccc(F)c(CCl)c1. The molecule has 0 radical (unpaired) electrons. The Balaban J connectivity index is 2.30. The van der Waals surface area contributed by atoms with Crippen LogP contribution in [0.3, 0.4) is 0 Å². The lowest BCUT2D eigenvalue weighted by Gasteiger charge is -2.21. The fourth-order valence-corrected chi connectivity index (χ4v) is 3.97. The molecule has 6 heteroatoms. The highest BCUT2D eigenvalue weighted by Crippen LogP contribution is 2.32. The molecule has 3 nitrogen and oxygen atoms in total. The van der Waals surface area contributed by atoms with Gasteiger partial charge in [-0.25, -0.2) is 12.8 Å². The summed E-state index contributed by atoms with van der Waals surface area (Å²) in [6.07, 6.45) is 2.94. The Morgan fingerprint density at radius 3 is 2.65 bits per heavy atom. The number of hydrogen-bond acceptors (Lipinski definition) is 2. The summed E-state index contributed by atoms with van der Waals surface area (Å²) in [5.41, 5.74) is 0.218. The molecule has 0 atom stereocenters. The minimum atomic E-state index is -3.56. The van der Waals surface area contributed by atoms with Crippen LogP contribution < -0.4 is 0 Å². The molecule has 1 aromatic rings. The van der Waals surface area contributed by atoms with Crippen molar-refractivity contribution in [1.29, 1.82) is 0 Å². The molecule has 0 aliphatic heterocycles. The maximum Gasteiger partial charge on any atom is 0.243 e. The first-order valence-corrected chi connectivity index (χ1v) is 8.81. The summed E-state index contributed by atoms with van der Waals surface area (Å²) in [4.78, 5) is 0.128. The lowest BCUT2D eigenvalue weighted by atomic mass is 10.2. The largest absolute Gasteiger partial charge is 0.243 e. The van der Waals surface area contributed by atoms with E-state index in [1.54, 1.807) is 0 Å². The first-order chi connectivity index (χ1) is 9.48. The topological polar surface area (TPSA) is 37.4 Å². The third-order valence-electron chi connectivity index (χ3n) is 3.43. The summed E-state index contributed by atoms with van der Waals surface area (Å²) in [5, 5.41) is 0. The van der Waals surface area contributed by atoms with Gasteiger partial charge in [-0.1, -0.05) is 6.92 Å². The summed E-state index contributed by atoms with van der Waals surface area (Å²) < 4.78 is 40.2. The zero-order valence-electron chi connectivity index (χ0n) is 11.5. The Morgan fingerprint density at radius 1 is 1.40 bits per heavy atom. The zero-order chi connectivity index (χ0) is 14.8. The van der Waals surface area contributed by atoms with Gasteiger partial charge in [0.2, 0.25) is 10.0 Å². The van der Waals surface area contributed by atoms with Gasteiger partial charge in [0.1, 0.15) is 5.82 Å². The maximum atomic E-state index is 13.4. The number of nitrogens with zero attached hydrogens (tertiary/aromatic N) is 1. The third kappa shape index (κ3) is 3.51. The smallest absolute Gasteiger partial charge is 0.207 e. The quantitative estimate of drug-likeness (QED) is 0.723. The Labute approximate surface area is 124 Å². The minimum Gasteiger partial charge on any atom is -0.207 e. The molecule has 0 heterocycles. The van der Waals surface area contributed by atoms with Crippen molar-refractivity contribution in [3.8, 4) is 0 Å². The number of halogens is 2. The molecule has 1 aliphatic carbocycles. The molecule has 20 heavy (non-hydrogen) atoms. The molecule has 1 aromatic carbocycles. The van der Waals surface area contributed by atoms with Gasteiger partial charge in [-0.3, -0.25) is 0 Å². The Hall–Kier alpha value is -0.650. The van der Waals surface area contributed by atoms with Crippen molar-refractivity contribution < 1.29 is 12.8 Å². The molecule has 112 valence electrons. The van der Waals surface area contributed by atoms with E-state index in [9.17, 15) is 12.8 Å². The van der Waals surface area contributed by atoms with Crippen molar-refractivity contribution in [1.82, 2.24) is 4.31 Å². The molecule has 1 aliphatic rings. The summed E-state index contributed by atoms with van der Waals surface area (Å²) in [7, 11) is -3.56. The van der Waals surface area contributed by atoms with Crippen LogP contribution in [0, 0.1) is 11.7 Å². The molecule has 1 fully saturated rings. The van der Waals surface area contributed by atoms with Gasteiger partial charge in [0.05, 0.1) is 10.8 Å². The molecule has 0 saturated heterocycles. The van der Waals surface area contributed by atoms with Gasteiger partial charge in [0.15, 0.2) is 0 Å². The van der Waals surface area contributed by atoms with E-state index in [-0.39, 0.29) is 16.3 Å². The van der Waals surface area contributed by atoms with Gasteiger partial charge in [0.25, 0.3) is 0 Å². The number of hydrogen-bond donors (Lipinski definition) is 0. The lowest BCUT2D eigenvalue weighted by Crippen LogP contribution is -2.33. The second-order valence-electron chi connectivity index (χ2n) is 5.19. The number of alkyl halides is 1. The van der Waals surface area contributed by atoms with Crippen molar-refractivity contribution in [2.75, 3.05) is 13.1 Å². The lowest BCUT2D eigenvalue weighted by molar-refractivity contribution is 0.395. The Morgan fingerprint density at radius 2 is 2.10 bits per heavy atom. The molecular formula is C14H19ClFNO2S. The molecular weight excluding hydrogens is 301 g/mol. The molecule has 0 amide bonds. The van der Waals surface area contributed by atoms with Crippen LogP contribution in [0.5, 0.6) is 0 Å². The predicted molar refractivity (Wildman–Crippen MR) is 77.7 cm³/mol. The van der Waals surface area contributed by atoms with E-state index in [0.29, 0.717) is 19.0 Å². The van der Waals surface area contributed by atoms with Gasteiger partial charge in [-0.15, -0.1) is 11.6 Å². The fraction of sp³-hybridized carbons (Fsp3) is 0.571. The first kappa shape index (κ1) is 15.7. The second-order valence-corrected chi connectivity index (χ2v) is 7.40. The van der Waals surface area contributed by atoms with Gasteiger partial charge in [0, 0.05) is 18.7 Å². The van der Waals surface area contributed by atoms with Crippen molar-refractivity contribution in [3.63, 3.8) is 0 Å². The molecule has 1 saturated carbocycles. The summed E-state index contributed by atoms with van der Waals surface area (Å²) in [6, 6.07) is 3.83. The average Bonchev–Trinajstić information content (AvgIpc) is 3.22. The van der Waals surface area contributed by atoms with E-state index in [1.807, 2.05) is 6.92 Å². The van der Waals surface area contributed by atoms with E-state index in [0.717, 1.165) is 19.3 Å². The van der Waals surface area contributed by atoms with Crippen molar-refractivity contribution in [2.24, 2.45) is 5.92 Å². The highest BCUT2D eigenvalue weighted by molar-refractivity contribution is 7.89. The van der Waals surface area contributed by atoms with Crippen LogP contribution in [0.25, 0.3) is 0 Å². The van der Waals surface area contributed by atoms with Crippen LogP contribution in [-0.4, -0.2) is 25.8 Å². The van der Waals surface area contributed by atoms with Crippen molar-refractivity contribution in [2.45, 2.75) is 37.0 Å². The van der Waals surface area contributed by atoms with Crippen LogP contribution in [0.2, 0.25) is 0 Å². The fourth-order valence-electron chi connectivity index (χ4n) is 2.11. The second kappa shape index (κ2) is 6.41. The van der Waals surface area contributed by atoms with Gasteiger partial charge in [-0.2, -0.15) is 4.31 Å². The molecule has 0 spiro atoms. The molecule has 0 bridgehead atoms. The van der Waals surface area contributed by atoms with E-state index >= 15 is 0 Å². The third-order valence-corrected chi connectivity index (χ3v) is 5.58. The van der Waals surface area contributed by atoms with Crippen molar-refractivity contribution in [3.05, 3.63) is 29.6 Å². The molecule has 0 unspecified atom stereocenters. The monoisotopic (exact) mass is 319 g/mol.